The summed E-state index contributed by atoms with van der Waals surface area (Å²) >= 11 is 13.8. The van der Waals surface area contributed by atoms with Crippen molar-refractivity contribution in [3.8, 4) is 0 Å². The summed E-state index contributed by atoms with van der Waals surface area (Å²) in [6.07, 6.45) is 0.525. The molecule has 108 valence electrons. The number of fused-ring (bicyclic) bond motifs is 1. The summed E-state index contributed by atoms with van der Waals surface area (Å²) in [5, 5.41) is 1.32. The van der Waals surface area contributed by atoms with Gasteiger partial charge in [-0.05, 0) is 35.9 Å². The van der Waals surface area contributed by atoms with Gasteiger partial charge in [-0.15, -0.1) is 11.8 Å². The second-order valence-corrected chi connectivity index (χ2v) is 6.83. The van der Waals surface area contributed by atoms with Crippen LogP contribution >= 0.6 is 35.0 Å². The Balaban J connectivity index is 1.99. The molecule has 2 aromatic carbocycles. The lowest BCUT2D eigenvalue weighted by molar-refractivity contribution is -0.118. The first-order valence-electron chi connectivity index (χ1n) is 6.60. The lowest BCUT2D eigenvalue weighted by atomic mass is 10.2. The fourth-order valence-corrected chi connectivity index (χ4v) is 3.69. The fraction of sp³-hybridized carbons (Fsp3) is 0.188. The Bertz CT molecular complexity index is 690. The number of carbonyl (C=O) groups excluding carboxylic acids is 1. The third-order valence-corrected chi connectivity index (χ3v) is 4.85. The maximum Gasteiger partial charge on any atom is 0.228 e. The number of anilines is 1. The average molecular weight is 338 g/mol. The Morgan fingerprint density at radius 2 is 1.90 bits per heavy atom. The minimum absolute atomic E-state index is 0.114. The molecule has 5 heteroatoms. The highest BCUT2D eigenvalue weighted by atomic mass is 35.5. The predicted molar refractivity (Wildman–Crippen MR) is 89.4 cm³/mol. The molecule has 2 nitrogen and oxygen atoms in total. The van der Waals surface area contributed by atoms with Crippen molar-refractivity contribution in [3.05, 3.63) is 58.1 Å². The van der Waals surface area contributed by atoms with Crippen molar-refractivity contribution in [2.45, 2.75) is 17.9 Å². The van der Waals surface area contributed by atoms with E-state index in [1.165, 1.54) is 0 Å². The Morgan fingerprint density at radius 1 is 1.10 bits per heavy atom. The van der Waals surface area contributed by atoms with Crippen molar-refractivity contribution in [2.75, 3.05) is 10.7 Å². The van der Waals surface area contributed by atoms with Gasteiger partial charge in [0.2, 0.25) is 5.91 Å². The van der Waals surface area contributed by atoms with Crippen LogP contribution in [0.3, 0.4) is 0 Å². The molecule has 2 aromatic rings. The van der Waals surface area contributed by atoms with Gasteiger partial charge in [0.1, 0.15) is 0 Å². The van der Waals surface area contributed by atoms with Crippen molar-refractivity contribution in [3.63, 3.8) is 0 Å². The molecule has 0 spiro atoms. The Morgan fingerprint density at radius 3 is 2.71 bits per heavy atom. The topological polar surface area (TPSA) is 20.3 Å². The van der Waals surface area contributed by atoms with E-state index in [1.54, 1.807) is 16.7 Å². The van der Waals surface area contributed by atoms with Gasteiger partial charge in [-0.2, -0.15) is 0 Å². The monoisotopic (exact) mass is 337 g/mol. The number of hydrogen-bond acceptors (Lipinski definition) is 2. The summed E-state index contributed by atoms with van der Waals surface area (Å²) in [7, 11) is 0. The second-order valence-electron chi connectivity index (χ2n) is 4.82. The lowest BCUT2D eigenvalue weighted by Gasteiger charge is -2.23. The molecule has 21 heavy (non-hydrogen) atoms. The zero-order chi connectivity index (χ0) is 14.8. The molecule has 1 heterocycles. The van der Waals surface area contributed by atoms with Gasteiger partial charge in [-0.1, -0.05) is 35.3 Å². The van der Waals surface area contributed by atoms with Crippen molar-refractivity contribution in [1.29, 1.82) is 0 Å². The van der Waals surface area contributed by atoms with Crippen LogP contribution < -0.4 is 4.90 Å². The van der Waals surface area contributed by atoms with Crippen LogP contribution in [-0.4, -0.2) is 11.7 Å². The molecular formula is C16H13Cl2NOS. The Hall–Kier alpha value is -1.16. The smallest absolute Gasteiger partial charge is 0.228 e. The van der Waals surface area contributed by atoms with Crippen LogP contribution in [0.25, 0.3) is 0 Å². The Kier molecular flexibility index (Phi) is 4.43. The van der Waals surface area contributed by atoms with Crippen LogP contribution in [0, 0.1) is 0 Å². The van der Waals surface area contributed by atoms with Crippen molar-refractivity contribution < 1.29 is 4.79 Å². The summed E-state index contributed by atoms with van der Waals surface area (Å²) in [6, 6.07) is 13.3. The number of benzene rings is 2. The van der Waals surface area contributed by atoms with Gasteiger partial charge in [-0.3, -0.25) is 4.79 Å². The summed E-state index contributed by atoms with van der Waals surface area (Å²) in [6.45, 7) is 0.507. The van der Waals surface area contributed by atoms with Gasteiger partial charge in [0, 0.05) is 27.1 Å². The van der Waals surface area contributed by atoms with Crippen molar-refractivity contribution >= 4 is 46.6 Å². The first-order valence-corrected chi connectivity index (χ1v) is 8.35. The highest BCUT2D eigenvalue weighted by Crippen LogP contribution is 2.37. The fourth-order valence-electron chi connectivity index (χ4n) is 2.33. The number of rotatable bonds is 2. The van der Waals surface area contributed by atoms with Gasteiger partial charge in [0.05, 0.1) is 12.2 Å². The minimum Gasteiger partial charge on any atom is -0.307 e. The van der Waals surface area contributed by atoms with E-state index in [-0.39, 0.29) is 5.91 Å². The van der Waals surface area contributed by atoms with Gasteiger partial charge >= 0.3 is 0 Å². The molecule has 0 radical (unpaired) electrons. The van der Waals surface area contributed by atoms with Crippen molar-refractivity contribution in [2.24, 2.45) is 0 Å². The van der Waals surface area contributed by atoms with Gasteiger partial charge in [-0.25, -0.2) is 0 Å². The second kappa shape index (κ2) is 6.30. The molecule has 0 unspecified atom stereocenters. The van der Waals surface area contributed by atoms with E-state index in [4.69, 9.17) is 23.2 Å². The molecule has 3 rings (SSSR count). The quantitative estimate of drug-likeness (QED) is 0.766. The predicted octanol–water partition coefficient (Wildman–Crippen LogP) is 5.02. The molecule has 0 saturated heterocycles. The van der Waals surface area contributed by atoms with E-state index >= 15 is 0 Å². The van der Waals surface area contributed by atoms with Gasteiger partial charge < -0.3 is 4.90 Å². The molecule has 1 aliphatic heterocycles. The van der Waals surface area contributed by atoms with E-state index in [2.05, 4.69) is 0 Å². The first-order chi connectivity index (χ1) is 10.1. The van der Waals surface area contributed by atoms with E-state index in [1.807, 2.05) is 42.5 Å². The molecule has 0 atom stereocenters. The van der Waals surface area contributed by atoms with E-state index < -0.39 is 0 Å². The maximum absolute atomic E-state index is 12.4. The number of nitrogens with zero attached hydrogens (tertiary/aromatic N) is 1. The average Bonchev–Trinajstić information content (AvgIpc) is 2.60. The molecular weight excluding hydrogens is 325 g/mol. The molecule has 0 aromatic heterocycles. The number of carbonyl (C=O) groups is 1. The summed E-state index contributed by atoms with van der Waals surface area (Å²) < 4.78 is 0. The van der Waals surface area contributed by atoms with Gasteiger partial charge in [0.25, 0.3) is 0 Å². The van der Waals surface area contributed by atoms with E-state index in [0.29, 0.717) is 23.0 Å². The number of hydrogen-bond donors (Lipinski definition) is 0. The number of thioether (sulfide) groups is 1. The SMILES string of the molecule is O=C1CCSc2ccc(Cl)cc2N1Cc1cccc(Cl)c1. The summed E-state index contributed by atoms with van der Waals surface area (Å²) in [4.78, 5) is 15.3. The van der Waals surface area contributed by atoms with Crippen LogP contribution in [0.2, 0.25) is 10.0 Å². The van der Waals surface area contributed by atoms with Crippen LogP contribution in [0.4, 0.5) is 5.69 Å². The van der Waals surface area contributed by atoms with E-state index in [9.17, 15) is 4.79 Å². The first kappa shape index (κ1) is 14.8. The molecule has 0 bridgehead atoms. The molecule has 0 aliphatic carbocycles. The lowest BCUT2D eigenvalue weighted by Crippen LogP contribution is -2.29. The molecule has 1 aliphatic rings. The third-order valence-electron chi connectivity index (χ3n) is 3.32. The zero-order valence-electron chi connectivity index (χ0n) is 11.2. The summed E-state index contributed by atoms with van der Waals surface area (Å²) in [5.41, 5.74) is 1.89. The van der Waals surface area contributed by atoms with Crippen LogP contribution in [0.5, 0.6) is 0 Å². The largest absolute Gasteiger partial charge is 0.307 e. The highest BCUT2D eigenvalue weighted by molar-refractivity contribution is 7.99. The Labute approximate surface area is 138 Å². The molecule has 0 N–H and O–H groups in total. The number of halogens is 2. The summed E-state index contributed by atoms with van der Waals surface area (Å²) in [5.74, 6) is 0.906. The third kappa shape index (κ3) is 3.37. The molecule has 0 fully saturated rings. The zero-order valence-corrected chi connectivity index (χ0v) is 13.5. The molecule has 0 saturated carbocycles. The maximum atomic E-state index is 12.4. The van der Waals surface area contributed by atoms with Gasteiger partial charge in [0.15, 0.2) is 0 Å². The van der Waals surface area contributed by atoms with Crippen LogP contribution in [0.15, 0.2) is 47.4 Å². The van der Waals surface area contributed by atoms with Crippen LogP contribution in [-0.2, 0) is 11.3 Å². The molecule has 1 amide bonds. The minimum atomic E-state index is 0.114. The van der Waals surface area contributed by atoms with Crippen molar-refractivity contribution in [1.82, 2.24) is 0 Å². The highest BCUT2D eigenvalue weighted by Gasteiger charge is 2.23. The normalized spacial score (nSPS) is 14.8. The number of amides is 1. The van der Waals surface area contributed by atoms with E-state index in [0.717, 1.165) is 21.9 Å². The standard InChI is InChI=1S/C16H13Cl2NOS/c17-12-3-1-2-11(8-12)10-19-14-9-13(18)4-5-15(14)21-7-6-16(19)20/h1-5,8-9H,6-7,10H2. The van der Waals surface area contributed by atoms with Crippen LogP contribution in [0.1, 0.15) is 12.0 Å².